The third-order valence-corrected chi connectivity index (χ3v) is 10.6. The summed E-state index contributed by atoms with van der Waals surface area (Å²) < 4.78 is 83.6. The molecule has 2 N–H and O–H groups in total. The summed E-state index contributed by atoms with van der Waals surface area (Å²) >= 11 is 12.7. The Morgan fingerprint density at radius 1 is 0.788 bits per heavy atom. The van der Waals surface area contributed by atoms with E-state index in [1.165, 1.54) is 6.92 Å². The molecule has 5 rings (SSSR count). The van der Waals surface area contributed by atoms with Crippen molar-refractivity contribution in [3.8, 4) is 0 Å². The predicted octanol–water partition coefficient (Wildman–Crippen LogP) is 10.1. The van der Waals surface area contributed by atoms with Crippen molar-refractivity contribution in [1.29, 1.82) is 0 Å². The highest BCUT2D eigenvalue weighted by Crippen LogP contribution is 2.39. The Balaban J connectivity index is 1.48. The molecule has 4 aromatic carbocycles. The van der Waals surface area contributed by atoms with E-state index in [2.05, 4.69) is 15.5 Å². The molecule has 2 unspecified atom stereocenters. The molecule has 0 saturated carbocycles. The molecule has 0 aromatic heterocycles. The molecule has 278 valence electrons. The van der Waals surface area contributed by atoms with Crippen molar-refractivity contribution in [2.24, 2.45) is 0 Å². The van der Waals surface area contributed by atoms with Crippen LogP contribution in [0.3, 0.4) is 0 Å². The number of carbonyl (C=O) groups is 1. The van der Waals surface area contributed by atoms with Gasteiger partial charge in [0.25, 0.3) is 0 Å². The van der Waals surface area contributed by atoms with E-state index in [4.69, 9.17) is 23.2 Å². The monoisotopic (exact) mass is 763 g/mol. The van der Waals surface area contributed by atoms with E-state index >= 15 is 0 Å². The maximum atomic E-state index is 13.9. The molecule has 0 spiro atoms. The van der Waals surface area contributed by atoms with Crippen molar-refractivity contribution in [3.63, 3.8) is 0 Å². The van der Waals surface area contributed by atoms with Gasteiger partial charge in [-0.1, -0.05) is 89.9 Å². The van der Waals surface area contributed by atoms with Gasteiger partial charge in [0.15, 0.2) is 0 Å². The molecule has 0 aliphatic carbocycles. The van der Waals surface area contributed by atoms with Crippen LogP contribution in [-0.2, 0) is 35.5 Å². The summed E-state index contributed by atoms with van der Waals surface area (Å²) in [6.45, 7) is 3.47. The van der Waals surface area contributed by atoms with Crippen molar-refractivity contribution in [3.05, 3.63) is 140 Å². The number of likely N-dealkylation sites (tertiary alicyclic amines) is 1. The molecule has 1 fully saturated rings. The summed E-state index contributed by atoms with van der Waals surface area (Å²) in [7, 11) is 0. The second-order valence-electron chi connectivity index (χ2n) is 13.5. The molecule has 2 atom stereocenters. The van der Waals surface area contributed by atoms with Gasteiger partial charge in [0, 0.05) is 32.6 Å². The van der Waals surface area contributed by atoms with E-state index in [-0.39, 0.29) is 29.9 Å². The molecule has 1 saturated heterocycles. The average molecular weight is 765 g/mol. The molecule has 0 bridgehead atoms. The van der Waals surface area contributed by atoms with E-state index in [0.717, 1.165) is 35.2 Å². The number of hydrogen-bond donors (Lipinski definition) is 2. The number of piperidine rings is 1. The van der Waals surface area contributed by atoms with Crippen LogP contribution in [0.1, 0.15) is 65.5 Å². The number of nitrogens with one attached hydrogen (secondary N) is 2. The van der Waals surface area contributed by atoms with Crippen LogP contribution in [-0.4, -0.2) is 43.0 Å². The third kappa shape index (κ3) is 10.5. The first-order chi connectivity index (χ1) is 24.6. The molecule has 4 nitrogen and oxygen atoms in total. The van der Waals surface area contributed by atoms with Crippen LogP contribution < -0.4 is 10.6 Å². The standard InChI is InChI=1S/C40H41Cl2F6N3O/c1-27(52)50-38(32-10-6-3-7-11-32)15-18-51(19-16-38)35(22-29-20-33(39(43,44)45)25-34(21-29)40(46,47)48)23-31(30-12-13-36(41)37(42)24-30)26-49-17-14-28-8-4-2-5-9-28/h2-13,20-21,24-25,31,35,49H,14-19,22-23,26H2,1H3,(H,50,52). The van der Waals surface area contributed by atoms with Gasteiger partial charge >= 0.3 is 12.4 Å². The number of nitrogens with zero attached hydrogens (tertiary/aromatic N) is 1. The topological polar surface area (TPSA) is 44.4 Å². The van der Waals surface area contributed by atoms with Crippen molar-refractivity contribution < 1.29 is 31.1 Å². The summed E-state index contributed by atoms with van der Waals surface area (Å²) in [6, 6.07) is 26.2. The smallest absolute Gasteiger partial charge is 0.347 e. The van der Waals surface area contributed by atoms with Crippen LogP contribution in [0.5, 0.6) is 0 Å². The lowest BCUT2D eigenvalue weighted by molar-refractivity contribution is -0.143. The number of amides is 1. The number of alkyl halides is 6. The quantitative estimate of drug-likeness (QED) is 0.105. The average Bonchev–Trinajstić information content (AvgIpc) is 3.10. The Morgan fingerprint density at radius 2 is 1.38 bits per heavy atom. The van der Waals surface area contributed by atoms with E-state index in [0.29, 0.717) is 55.5 Å². The van der Waals surface area contributed by atoms with Gasteiger partial charge in [-0.05, 0) is 97.2 Å². The minimum Gasteiger partial charge on any atom is -0.347 e. The molecule has 12 heteroatoms. The number of halogens is 8. The molecule has 4 aromatic rings. The van der Waals surface area contributed by atoms with Gasteiger partial charge in [-0.3, -0.25) is 9.69 Å². The Labute approximate surface area is 310 Å². The van der Waals surface area contributed by atoms with Gasteiger partial charge in [0.05, 0.1) is 26.7 Å². The van der Waals surface area contributed by atoms with E-state index in [1.54, 1.807) is 12.1 Å². The van der Waals surface area contributed by atoms with Crippen molar-refractivity contribution in [2.75, 3.05) is 26.2 Å². The number of hydrogen-bond acceptors (Lipinski definition) is 3. The molecular weight excluding hydrogens is 723 g/mol. The minimum atomic E-state index is -4.96. The molecular formula is C40H41Cl2F6N3O. The van der Waals surface area contributed by atoms with Crippen molar-refractivity contribution in [2.45, 2.75) is 68.9 Å². The highest BCUT2D eigenvalue weighted by atomic mass is 35.5. The summed E-state index contributed by atoms with van der Waals surface area (Å²) in [5.74, 6) is -0.418. The zero-order chi connectivity index (χ0) is 37.5. The van der Waals surface area contributed by atoms with Crippen LogP contribution in [0.2, 0.25) is 10.0 Å². The second kappa shape index (κ2) is 17.1. The Morgan fingerprint density at radius 3 is 1.94 bits per heavy atom. The van der Waals surface area contributed by atoms with Crippen LogP contribution in [0.4, 0.5) is 26.3 Å². The summed E-state index contributed by atoms with van der Waals surface area (Å²) in [5, 5.41) is 7.37. The lowest BCUT2D eigenvalue weighted by Gasteiger charge is -2.46. The fourth-order valence-electron chi connectivity index (χ4n) is 7.21. The Bertz CT molecular complexity index is 1750. The first kappa shape index (κ1) is 39.6. The largest absolute Gasteiger partial charge is 0.416 e. The fourth-order valence-corrected chi connectivity index (χ4v) is 7.51. The van der Waals surface area contributed by atoms with Gasteiger partial charge in [0.2, 0.25) is 5.91 Å². The molecule has 1 aliphatic rings. The van der Waals surface area contributed by atoms with Crippen LogP contribution in [0.15, 0.2) is 97.1 Å². The first-order valence-corrected chi connectivity index (χ1v) is 17.9. The molecule has 1 amide bonds. The van der Waals surface area contributed by atoms with Gasteiger partial charge in [-0.2, -0.15) is 26.3 Å². The lowest BCUT2D eigenvalue weighted by Crippen LogP contribution is -2.55. The van der Waals surface area contributed by atoms with Gasteiger partial charge in [0.1, 0.15) is 0 Å². The number of rotatable bonds is 13. The maximum Gasteiger partial charge on any atom is 0.416 e. The fraction of sp³-hybridized carbons (Fsp3) is 0.375. The van der Waals surface area contributed by atoms with Gasteiger partial charge < -0.3 is 10.6 Å². The van der Waals surface area contributed by atoms with Gasteiger partial charge in [-0.25, -0.2) is 0 Å². The highest BCUT2D eigenvalue weighted by Gasteiger charge is 2.40. The van der Waals surface area contributed by atoms with E-state index < -0.39 is 35.1 Å². The summed E-state index contributed by atoms with van der Waals surface area (Å²) in [5.41, 5.74) is -0.474. The molecule has 52 heavy (non-hydrogen) atoms. The van der Waals surface area contributed by atoms with Gasteiger partial charge in [-0.15, -0.1) is 0 Å². The molecule has 0 radical (unpaired) electrons. The van der Waals surface area contributed by atoms with Crippen LogP contribution >= 0.6 is 23.2 Å². The number of carbonyl (C=O) groups excluding carboxylic acids is 1. The predicted molar refractivity (Wildman–Crippen MR) is 194 cm³/mol. The van der Waals surface area contributed by atoms with Crippen LogP contribution in [0.25, 0.3) is 0 Å². The zero-order valence-electron chi connectivity index (χ0n) is 28.6. The summed E-state index contributed by atoms with van der Waals surface area (Å²) in [4.78, 5) is 14.5. The first-order valence-electron chi connectivity index (χ1n) is 17.2. The third-order valence-electron chi connectivity index (χ3n) is 9.82. The summed E-state index contributed by atoms with van der Waals surface area (Å²) in [6.07, 6.45) is -7.84. The minimum absolute atomic E-state index is 0.0566. The lowest BCUT2D eigenvalue weighted by atomic mass is 9.79. The molecule has 1 aliphatic heterocycles. The zero-order valence-corrected chi connectivity index (χ0v) is 30.1. The normalized spacial score (nSPS) is 16.3. The second-order valence-corrected chi connectivity index (χ2v) is 14.3. The Kier molecular flexibility index (Phi) is 13.0. The SMILES string of the molecule is CC(=O)NC1(c2ccccc2)CCN(C(Cc2cc(C(F)(F)F)cc(C(F)(F)F)c2)CC(CNCCc2ccccc2)c2ccc(Cl)c(Cl)c2)CC1. The van der Waals surface area contributed by atoms with Crippen molar-refractivity contribution in [1.82, 2.24) is 15.5 Å². The van der Waals surface area contributed by atoms with E-state index in [1.807, 2.05) is 66.7 Å². The molecule has 1 heterocycles. The highest BCUT2D eigenvalue weighted by molar-refractivity contribution is 6.42. The maximum absolute atomic E-state index is 13.9. The Hall–Kier alpha value is -3.57. The van der Waals surface area contributed by atoms with E-state index in [9.17, 15) is 31.1 Å². The van der Waals surface area contributed by atoms with Crippen LogP contribution in [0, 0.1) is 0 Å². The van der Waals surface area contributed by atoms with Crippen molar-refractivity contribution >= 4 is 29.1 Å². The number of benzene rings is 4.